The van der Waals surface area contributed by atoms with Gasteiger partial charge >= 0.3 is 0 Å². The summed E-state index contributed by atoms with van der Waals surface area (Å²) < 4.78 is 2.31. The second kappa shape index (κ2) is 8.68. The molecule has 6 rings (SSSR count). The van der Waals surface area contributed by atoms with E-state index in [2.05, 4.69) is 44.9 Å². The Labute approximate surface area is 186 Å². The number of fused-ring (bicyclic) bond motifs is 2. The van der Waals surface area contributed by atoms with E-state index in [0.717, 1.165) is 75.3 Å². The van der Waals surface area contributed by atoms with Crippen LogP contribution in [0.1, 0.15) is 70.4 Å². The number of rotatable bonds is 6. The molecule has 6 nitrogen and oxygen atoms in total. The lowest BCUT2D eigenvalue weighted by atomic mass is 9.49. The van der Waals surface area contributed by atoms with Gasteiger partial charge in [0.2, 0.25) is 5.91 Å². The maximum Gasteiger partial charge on any atom is 0.223 e. The fourth-order valence-corrected chi connectivity index (χ4v) is 6.49. The third-order valence-electron chi connectivity index (χ3n) is 8.81. The summed E-state index contributed by atoms with van der Waals surface area (Å²) in [6.45, 7) is 9.78. The van der Waals surface area contributed by atoms with Gasteiger partial charge in [0.05, 0.1) is 0 Å². The predicted molar refractivity (Wildman–Crippen MR) is 122 cm³/mol. The summed E-state index contributed by atoms with van der Waals surface area (Å²) >= 11 is 0. The number of allylic oxidation sites excluding steroid dienone is 1. The number of hydrogen-bond donors (Lipinski definition) is 1. The first-order valence-electron chi connectivity index (χ1n) is 12.6. The Bertz CT molecular complexity index is 835. The average Bonchev–Trinajstić information content (AvgIpc) is 3.06. The molecule has 2 saturated carbocycles. The number of nitrogens with one attached hydrogen (secondary N) is 1. The lowest BCUT2D eigenvalue weighted by molar-refractivity contribution is -0.125. The van der Waals surface area contributed by atoms with Crippen molar-refractivity contribution in [2.75, 3.05) is 26.2 Å². The largest absolute Gasteiger partial charge is 0.355 e. The second-order valence-corrected chi connectivity index (χ2v) is 10.9. The van der Waals surface area contributed by atoms with E-state index < -0.39 is 0 Å². The zero-order valence-corrected chi connectivity index (χ0v) is 19.4. The van der Waals surface area contributed by atoms with Crippen LogP contribution in [0.15, 0.2) is 11.6 Å². The molecule has 0 unspecified atom stereocenters. The number of aromatic nitrogens is 3. The Morgan fingerprint density at radius 1 is 1.16 bits per heavy atom. The standard InChI is InChI=1S/C25H39N5O/c1-25(2)20-9-8-19(21(25)16-20)17-29-13-11-23-28-27-22(30(23)15-14-29)10-12-26-24(31)18-6-4-3-5-7-18/h8,18,20-21H,3-7,9-17H2,1-2H3,(H,26,31)/t20-,21-/m0/s1. The summed E-state index contributed by atoms with van der Waals surface area (Å²) in [5, 5.41) is 12.1. The lowest BCUT2D eigenvalue weighted by Crippen LogP contribution is -2.50. The molecule has 6 heteroatoms. The lowest BCUT2D eigenvalue weighted by Gasteiger charge is -2.57. The van der Waals surface area contributed by atoms with Gasteiger partial charge in [-0.25, -0.2) is 0 Å². The van der Waals surface area contributed by atoms with E-state index >= 15 is 0 Å². The molecule has 4 aliphatic carbocycles. The summed E-state index contributed by atoms with van der Waals surface area (Å²) in [5.74, 6) is 4.30. The van der Waals surface area contributed by atoms with Gasteiger partial charge in [-0.1, -0.05) is 44.8 Å². The average molecular weight is 426 g/mol. The molecule has 1 aliphatic heterocycles. The molecule has 31 heavy (non-hydrogen) atoms. The van der Waals surface area contributed by atoms with E-state index in [-0.39, 0.29) is 11.8 Å². The zero-order valence-electron chi connectivity index (χ0n) is 19.4. The molecule has 0 radical (unpaired) electrons. The first-order valence-corrected chi connectivity index (χ1v) is 12.6. The van der Waals surface area contributed by atoms with Gasteiger partial charge in [-0.15, -0.1) is 10.2 Å². The minimum absolute atomic E-state index is 0.225. The van der Waals surface area contributed by atoms with Crippen molar-refractivity contribution in [2.45, 2.75) is 78.2 Å². The van der Waals surface area contributed by atoms with Crippen LogP contribution in [0.25, 0.3) is 0 Å². The van der Waals surface area contributed by atoms with Crippen LogP contribution in [0.4, 0.5) is 0 Å². The normalized spacial score (nSPS) is 28.3. The smallest absolute Gasteiger partial charge is 0.223 e. The molecule has 2 fully saturated rings. The maximum atomic E-state index is 12.4. The third kappa shape index (κ3) is 4.20. The monoisotopic (exact) mass is 425 g/mol. The molecular weight excluding hydrogens is 386 g/mol. The first kappa shape index (κ1) is 21.2. The van der Waals surface area contributed by atoms with Gasteiger partial charge in [-0.2, -0.15) is 0 Å². The Hall–Kier alpha value is -1.69. The van der Waals surface area contributed by atoms with Gasteiger partial charge in [0, 0.05) is 51.5 Å². The summed E-state index contributed by atoms with van der Waals surface area (Å²) in [5.41, 5.74) is 2.18. The van der Waals surface area contributed by atoms with Crippen molar-refractivity contribution in [3.63, 3.8) is 0 Å². The van der Waals surface area contributed by atoms with E-state index in [1.165, 1.54) is 32.1 Å². The summed E-state index contributed by atoms with van der Waals surface area (Å²) in [4.78, 5) is 15.0. The highest BCUT2D eigenvalue weighted by Gasteiger charge is 2.51. The zero-order chi connectivity index (χ0) is 21.4. The summed E-state index contributed by atoms with van der Waals surface area (Å²) in [6.07, 6.45) is 12.7. The molecule has 170 valence electrons. The number of nitrogens with zero attached hydrogens (tertiary/aromatic N) is 4. The number of carbonyl (C=O) groups is 1. The minimum Gasteiger partial charge on any atom is -0.355 e. The second-order valence-electron chi connectivity index (χ2n) is 10.9. The van der Waals surface area contributed by atoms with Crippen LogP contribution in [0, 0.1) is 23.2 Å². The number of amides is 1. The van der Waals surface area contributed by atoms with Gasteiger partial charge in [-0.3, -0.25) is 9.69 Å². The van der Waals surface area contributed by atoms with Gasteiger partial charge in [0.25, 0.3) is 0 Å². The van der Waals surface area contributed by atoms with Crippen molar-refractivity contribution in [3.8, 4) is 0 Å². The Morgan fingerprint density at radius 2 is 2.00 bits per heavy atom. The van der Waals surface area contributed by atoms with Gasteiger partial charge in [-0.05, 0) is 42.9 Å². The Morgan fingerprint density at radius 3 is 2.77 bits per heavy atom. The first-order chi connectivity index (χ1) is 15.0. The molecule has 0 saturated heterocycles. The van der Waals surface area contributed by atoms with E-state index in [1.807, 2.05) is 0 Å². The molecule has 1 N–H and O–H groups in total. The third-order valence-corrected chi connectivity index (χ3v) is 8.81. The molecule has 1 aromatic heterocycles. The van der Waals surface area contributed by atoms with E-state index in [9.17, 15) is 4.79 Å². The highest BCUT2D eigenvalue weighted by molar-refractivity contribution is 5.78. The topological polar surface area (TPSA) is 63.1 Å². The predicted octanol–water partition coefficient (Wildman–Crippen LogP) is 3.37. The number of carbonyl (C=O) groups excluding carboxylic acids is 1. The molecule has 0 spiro atoms. The van der Waals surface area contributed by atoms with Crippen LogP contribution in [0.5, 0.6) is 0 Å². The molecule has 1 aromatic rings. The SMILES string of the molecule is CC1(C)[C@H]2CC=C(CN3CCc4nnc(CCNC(=O)C5CCCCC5)n4CC3)[C@@H]1C2. The van der Waals surface area contributed by atoms with Crippen LogP contribution in [0.3, 0.4) is 0 Å². The van der Waals surface area contributed by atoms with Crippen molar-refractivity contribution in [1.29, 1.82) is 0 Å². The maximum absolute atomic E-state index is 12.4. The summed E-state index contributed by atoms with van der Waals surface area (Å²) in [6, 6.07) is 0. The number of hydrogen-bond acceptors (Lipinski definition) is 4. The van der Waals surface area contributed by atoms with E-state index in [0.29, 0.717) is 12.0 Å². The quantitative estimate of drug-likeness (QED) is 0.710. The molecule has 2 atom stereocenters. The van der Waals surface area contributed by atoms with Crippen molar-refractivity contribution in [3.05, 3.63) is 23.3 Å². The van der Waals surface area contributed by atoms with Crippen LogP contribution in [-0.2, 0) is 24.2 Å². The van der Waals surface area contributed by atoms with Crippen LogP contribution in [-0.4, -0.2) is 51.8 Å². The van der Waals surface area contributed by atoms with E-state index in [1.54, 1.807) is 5.57 Å². The van der Waals surface area contributed by atoms with Crippen LogP contribution < -0.4 is 5.32 Å². The van der Waals surface area contributed by atoms with Gasteiger partial charge < -0.3 is 9.88 Å². The highest BCUT2D eigenvalue weighted by Crippen LogP contribution is 2.59. The molecule has 1 amide bonds. The van der Waals surface area contributed by atoms with Crippen molar-refractivity contribution in [2.24, 2.45) is 23.2 Å². The van der Waals surface area contributed by atoms with Gasteiger partial charge in [0.1, 0.15) is 11.6 Å². The Balaban J connectivity index is 1.13. The Kier molecular flexibility index (Phi) is 5.93. The van der Waals surface area contributed by atoms with Gasteiger partial charge in [0.15, 0.2) is 0 Å². The minimum atomic E-state index is 0.225. The van der Waals surface area contributed by atoms with Crippen molar-refractivity contribution >= 4 is 5.91 Å². The molecular formula is C25H39N5O. The fraction of sp³-hybridized carbons (Fsp3) is 0.800. The molecule has 2 heterocycles. The highest BCUT2D eigenvalue weighted by atomic mass is 16.1. The molecule has 0 aromatic carbocycles. The van der Waals surface area contributed by atoms with Crippen molar-refractivity contribution < 1.29 is 4.79 Å². The molecule has 2 bridgehead atoms. The van der Waals surface area contributed by atoms with Crippen LogP contribution in [0.2, 0.25) is 0 Å². The molecule has 5 aliphatic rings. The van der Waals surface area contributed by atoms with Crippen LogP contribution >= 0.6 is 0 Å². The van der Waals surface area contributed by atoms with Crippen molar-refractivity contribution in [1.82, 2.24) is 25.0 Å². The fourth-order valence-electron chi connectivity index (χ4n) is 6.49. The van der Waals surface area contributed by atoms with E-state index in [4.69, 9.17) is 0 Å². The summed E-state index contributed by atoms with van der Waals surface area (Å²) in [7, 11) is 0.